The lowest BCUT2D eigenvalue weighted by atomic mass is 9.98. The van der Waals surface area contributed by atoms with Crippen LogP contribution in [0.25, 0.3) is 11.4 Å². The number of aromatic nitrogens is 2. The number of anilines is 1. The maximum Gasteiger partial charge on any atom is 0.252 e. The van der Waals surface area contributed by atoms with E-state index in [1.807, 2.05) is 0 Å². The number of carbonyl (C=O) groups is 1. The van der Waals surface area contributed by atoms with Gasteiger partial charge >= 0.3 is 0 Å². The lowest BCUT2D eigenvalue weighted by Gasteiger charge is -2.30. The van der Waals surface area contributed by atoms with E-state index in [0.717, 1.165) is 29.5 Å². The van der Waals surface area contributed by atoms with Crippen molar-refractivity contribution in [2.45, 2.75) is 24.0 Å². The van der Waals surface area contributed by atoms with Gasteiger partial charge in [0.1, 0.15) is 15.8 Å². The smallest absolute Gasteiger partial charge is 0.252 e. The summed E-state index contributed by atoms with van der Waals surface area (Å²) in [6, 6.07) is 4.22. The van der Waals surface area contributed by atoms with Crippen LogP contribution in [-0.2, 0) is 14.8 Å². The number of nitrogens with one attached hydrogen (secondary N) is 1. The summed E-state index contributed by atoms with van der Waals surface area (Å²) in [4.78, 5) is 16.7. The minimum Gasteiger partial charge on any atom is -0.339 e. The fourth-order valence-corrected chi connectivity index (χ4v) is 6.15. The molecule has 0 saturated carbocycles. The maximum atomic E-state index is 13.8. The van der Waals surface area contributed by atoms with Crippen molar-refractivity contribution in [3.8, 4) is 11.4 Å². The van der Waals surface area contributed by atoms with Gasteiger partial charge in [0.2, 0.25) is 17.6 Å². The number of aryl methyl sites for hydroxylation is 1. The topological polar surface area (TPSA) is 105 Å². The largest absolute Gasteiger partial charge is 0.339 e. The van der Waals surface area contributed by atoms with Crippen LogP contribution in [0.4, 0.5) is 14.5 Å². The fraction of sp³-hybridized carbons (Fsp3) is 0.316. The molecule has 0 radical (unpaired) electrons. The van der Waals surface area contributed by atoms with Crippen molar-refractivity contribution in [2.24, 2.45) is 5.92 Å². The zero-order valence-electron chi connectivity index (χ0n) is 16.3. The van der Waals surface area contributed by atoms with Gasteiger partial charge < -0.3 is 9.84 Å². The molecule has 0 unspecified atom stereocenters. The molecule has 1 aliphatic heterocycles. The Morgan fingerprint density at radius 3 is 2.87 bits per heavy atom. The first-order valence-corrected chi connectivity index (χ1v) is 11.7. The van der Waals surface area contributed by atoms with Gasteiger partial charge in [0.15, 0.2) is 0 Å². The Balaban J connectivity index is 1.49. The number of amides is 1. The van der Waals surface area contributed by atoms with Crippen LogP contribution in [0.1, 0.15) is 18.7 Å². The normalized spacial score (nSPS) is 17.6. The third-order valence-corrected chi connectivity index (χ3v) is 8.18. The Hall–Kier alpha value is -2.70. The number of hydrogen-bond donors (Lipinski definition) is 1. The molecule has 1 aromatic carbocycles. The molecule has 0 aliphatic carbocycles. The molecule has 1 amide bonds. The molecule has 1 aliphatic rings. The molecular formula is C19H18F2N4O4S2. The van der Waals surface area contributed by atoms with Gasteiger partial charge in [-0.3, -0.25) is 4.79 Å². The van der Waals surface area contributed by atoms with Gasteiger partial charge in [0.05, 0.1) is 11.6 Å². The third-order valence-electron chi connectivity index (χ3n) is 4.90. The molecule has 3 aromatic rings. The summed E-state index contributed by atoms with van der Waals surface area (Å²) in [5.74, 6) is -2.04. The zero-order chi connectivity index (χ0) is 22.2. The van der Waals surface area contributed by atoms with Crippen LogP contribution in [0.3, 0.4) is 0 Å². The fourth-order valence-electron chi connectivity index (χ4n) is 3.32. The van der Waals surface area contributed by atoms with Crippen molar-refractivity contribution in [3.05, 3.63) is 47.2 Å². The van der Waals surface area contributed by atoms with Crippen LogP contribution in [-0.4, -0.2) is 41.9 Å². The molecule has 8 nitrogen and oxygen atoms in total. The first kappa shape index (κ1) is 21.5. The van der Waals surface area contributed by atoms with Gasteiger partial charge in [-0.2, -0.15) is 9.29 Å². The third kappa shape index (κ3) is 4.50. The molecule has 1 N–H and O–H groups in total. The molecule has 164 valence electrons. The Kier molecular flexibility index (Phi) is 5.86. The number of thiophene rings is 1. The average molecular weight is 469 g/mol. The SMILES string of the molecule is Cc1nc(-c2csc(S(=O)(=O)N3CCC[C@H](C(=O)Nc4cc(F)ccc4F)C3)c2)no1. The summed E-state index contributed by atoms with van der Waals surface area (Å²) in [5, 5.41) is 7.77. The molecule has 0 bridgehead atoms. The number of piperidine rings is 1. The lowest BCUT2D eigenvalue weighted by Crippen LogP contribution is -2.43. The summed E-state index contributed by atoms with van der Waals surface area (Å²) in [6.45, 7) is 1.84. The monoisotopic (exact) mass is 468 g/mol. The predicted molar refractivity (Wildman–Crippen MR) is 109 cm³/mol. The van der Waals surface area contributed by atoms with E-state index in [4.69, 9.17) is 4.52 Å². The quantitative estimate of drug-likeness (QED) is 0.615. The number of rotatable bonds is 5. The van der Waals surface area contributed by atoms with Crippen molar-refractivity contribution in [3.63, 3.8) is 0 Å². The van der Waals surface area contributed by atoms with Crippen LogP contribution < -0.4 is 5.32 Å². The first-order valence-electron chi connectivity index (χ1n) is 9.39. The minimum atomic E-state index is -3.84. The summed E-state index contributed by atoms with van der Waals surface area (Å²) in [5.41, 5.74) is 0.247. The highest BCUT2D eigenvalue weighted by molar-refractivity contribution is 7.91. The van der Waals surface area contributed by atoms with Crippen molar-refractivity contribution >= 4 is 33.0 Å². The number of halogens is 2. The molecule has 3 heterocycles. The summed E-state index contributed by atoms with van der Waals surface area (Å²) < 4.78 is 59.6. The van der Waals surface area contributed by atoms with E-state index < -0.39 is 33.5 Å². The van der Waals surface area contributed by atoms with Crippen molar-refractivity contribution in [1.29, 1.82) is 0 Å². The molecule has 1 atom stereocenters. The number of benzene rings is 1. The molecule has 0 spiro atoms. The molecule has 1 saturated heterocycles. The number of sulfonamides is 1. The molecule has 4 rings (SSSR count). The van der Waals surface area contributed by atoms with Gasteiger partial charge in [0, 0.05) is 37.0 Å². The van der Waals surface area contributed by atoms with Gasteiger partial charge in [-0.25, -0.2) is 17.2 Å². The Labute approximate surface area is 180 Å². The van der Waals surface area contributed by atoms with Crippen molar-refractivity contribution in [2.75, 3.05) is 18.4 Å². The number of carbonyl (C=O) groups excluding carboxylic acids is 1. The zero-order valence-corrected chi connectivity index (χ0v) is 18.0. The van der Waals surface area contributed by atoms with E-state index in [1.54, 1.807) is 12.3 Å². The van der Waals surface area contributed by atoms with Crippen LogP contribution >= 0.6 is 11.3 Å². The molecule has 12 heteroatoms. The highest BCUT2D eigenvalue weighted by atomic mass is 32.2. The predicted octanol–water partition coefficient (Wildman–Crippen LogP) is 3.42. The van der Waals surface area contributed by atoms with E-state index in [-0.39, 0.29) is 23.0 Å². The maximum absolute atomic E-state index is 13.8. The van der Waals surface area contributed by atoms with Crippen LogP contribution in [0.2, 0.25) is 0 Å². The molecule has 2 aromatic heterocycles. The Morgan fingerprint density at radius 2 is 2.13 bits per heavy atom. The van der Waals surface area contributed by atoms with Crippen molar-refractivity contribution < 1.29 is 26.5 Å². The standard InChI is InChI=1S/C19H18F2N4O4S2/c1-11-22-18(24-29-11)13-7-17(30-10-13)31(27,28)25-6-2-3-12(9-25)19(26)23-16-8-14(20)4-5-15(16)21/h4-5,7-8,10,12H,2-3,6,9H2,1H3,(H,23,26)/t12-/m0/s1. The number of nitrogens with zero attached hydrogens (tertiary/aromatic N) is 3. The van der Waals surface area contributed by atoms with E-state index in [0.29, 0.717) is 30.1 Å². The van der Waals surface area contributed by atoms with Gasteiger partial charge in [-0.1, -0.05) is 5.16 Å². The second-order valence-corrected chi connectivity index (χ2v) is 10.2. The van der Waals surface area contributed by atoms with Gasteiger partial charge in [-0.05, 0) is 31.0 Å². The Morgan fingerprint density at radius 1 is 1.32 bits per heavy atom. The van der Waals surface area contributed by atoms with Gasteiger partial charge in [0.25, 0.3) is 10.0 Å². The Bertz CT molecular complexity index is 1230. The summed E-state index contributed by atoms with van der Waals surface area (Å²) >= 11 is 1.03. The summed E-state index contributed by atoms with van der Waals surface area (Å²) in [7, 11) is -3.84. The summed E-state index contributed by atoms with van der Waals surface area (Å²) in [6.07, 6.45) is 0.901. The van der Waals surface area contributed by atoms with E-state index in [9.17, 15) is 22.0 Å². The second-order valence-electron chi connectivity index (χ2n) is 7.11. The molecular weight excluding hydrogens is 450 g/mol. The number of hydrogen-bond acceptors (Lipinski definition) is 7. The highest BCUT2D eigenvalue weighted by Crippen LogP contribution is 2.31. The van der Waals surface area contributed by atoms with Crippen LogP contribution in [0, 0.1) is 24.5 Å². The van der Waals surface area contributed by atoms with E-state index in [2.05, 4.69) is 15.5 Å². The van der Waals surface area contributed by atoms with Crippen LogP contribution in [0.5, 0.6) is 0 Å². The van der Waals surface area contributed by atoms with E-state index >= 15 is 0 Å². The lowest BCUT2D eigenvalue weighted by molar-refractivity contribution is -0.120. The highest BCUT2D eigenvalue weighted by Gasteiger charge is 2.34. The molecule has 31 heavy (non-hydrogen) atoms. The van der Waals surface area contributed by atoms with Gasteiger partial charge in [-0.15, -0.1) is 11.3 Å². The average Bonchev–Trinajstić information content (AvgIpc) is 3.40. The van der Waals surface area contributed by atoms with Crippen LogP contribution in [0.15, 0.2) is 38.4 Å². The minimum absolute atomic E-state index is 0.0559. The van der Waals surface area contributed by atoms with E-state index in [1.165, 1.54) is 10.4 Å². The molecule has 1 fully saturated rings. The first-order chi connectivity index (χ1) is 14.7. The van der Waals surface area contributed by atoms with Crippen molar-refractivity contribution in [1.82, 2.24) is 14.4 Å². The second kappa shape index (κ2) is 8.44.